The molecule has 0 saturated carbocycles. The Hall–Kier alpha value is -2.69. The van der Waals surface area contributed by atoms with Gasteiger partial charge in [0.05, 0.1) is 11.0 Å². The van der Waals surface area contributed by atoms with Crippen molar-refractivity contribution in [3.63, 3.8) is 0 Å². The SMILES string of the molecule is CCc1ccnc2c1c1cccc3c1nc2n3C(N)=O. The van der Waals surface area contributed by atoms with Gasteiger partial charge in [0.25, 0.3) is 0 Å². The van der Waals surface area contributed by atoms with E-state index in [0.717, 1.165) is 33.7 Å². The Bertz CT molecular complexity index is 970. The minimum absolute atomic E-state index is 0.531. The zero-order valence-corrected chi connectivity index (χ0v) is 10.9. The third-order valence-corrected chi connectivity index (χ3v) is 3.80. The highest BCUT2D eigenvalue weighted by atomic mass is 16.2. The molecule has 0 aliphatic rings. The topological polar surface area (TPSA) is 73.8 Å². The first kappa shape index (κ1) is 11.2. The summed E-state index contributed by atoms with van der Waals surface area (Å²) in [6.45, 7) is 2.11. The average molecular weight is 264 g/mol. The normalized spacial score (nSPS) is 11.8. The number of amides is 1. The molecule has 0 aliphatic heterocycles. The molecular weight excluding hydrogens is 252 g/mol. The fraction of sp³-hybridized carbons (Fsp3) is 0.133. The van der Waals surface area contributed by atoms with Crippen molar-refractivity contribution in [2.75, 3.05) is 0 Å². The van der Waals surface area contributed by atoms with Crippen molar-refractivity contribution in [2.24, 2.45) is 5.73 Å². The molecule has 5 nitrogen and oxygen atoms in total. The maximum Gasteiger partial charge on any atom is 0.325 e. The number of nitrogens with two attached hydrogens (primary N) is 1. The molecule has 4 rings (SSSR count). The fourth-order valence-corrected chi connectivity index (χ4v) is 2.95. The van der Waals surface area contributed by atoms with Crippen LogP contribution in [-0.2, 0) is 6.42 Å². The third kappa shape index (κ3) is 1.19. The summed E-state index contributed by atoms with van der Waals surface area (Å²) in [7, 11) is 0. The van der Waals surface area contributed by atoms with Crippen LogP contribution in [0, 0.1) is 0 Å². The van der Waals surface area contributed by atoms with Gasteiger partial charge < -0.3 is 5.73 Å². The molecule has 0 atom stereocenters. The Morgan fingerprint density at radius 1 is 1.30 bits per heavy atom. The van der Waals surface area contributed by atoms with Gasteiger partial charge in [0.15, 0.2) is 5.65 Å². The van der Waals surface area contributed by atoms with Gasteiger partial charge >= 0.3 is 6.03 Å². The van der Waals surface area contributed by atoms with E-state index in [1.807, 2.05) is 24.3 Å². The van der Waals surface area contributed by atoms with Crippen molar-refractivity contribution >= 4 is 39.0 Å². The number of nitrogens with zero attached hydrogens (tertiary/aromatic N) is 3. The highest BCUT2D eigenvalue weighted by Crippen LogP contribution is 2.34. The minimum Gasteiger partial charge on any atom is -0.351 e. The lowest BCUT2D eigenvalue weighted by molar-refractivity contribution is 0.252. The van der Waals surface area contributed by atoms with Crippen molar-refractivity contribution in [1.29, 1.82) is 0 Å². The molecule has 3 aromatic heterocycles. The molecule has 2 bridgehead atoms. The van der Waals surface area contributed by atoms with Crippen molar-refractivity contribution in [2.45, 2.75) is 13.3 Å². The molecule has 0 saturated heterocycles. The van der Waals surface area contributed by atoms with Gasteiger partial charge in [-0.05, 0) is 24.1 Å². The third-order valence-electron chi connectivity index (χ3n) is 3.80. The first-order valence-electron chi connectivity index (χ1n) is 6.52. The number of benzene rings is 1. The summed E-state index contributed by atoms with van der Waals surface area (Å²) >= 11 is 0. The van der Waals surface area contributed by atoms with Crippen LogP contribution in [0.25, 0.3) is 33.0 Å². The molecule has 3 heterocycles. The van der Waals surface area contributed by atoms with E-state index >= 15 is 0 Å². The second-order valence-electron chi connectivity index (χ2n) is 4.83. The van der Waals surface area contributed by atoms with Crippen LogP contribution in [-0.4, -0.2) is 20.6 Å². The molecule has 0 unspecified atom stereocenters. The molecule has 0 fully saturated rings. The Labute approximate surface area is 114 Å². The van der Waals surface area contributed by atoms with Crippen LogP contribution >= 0.6 is 0 Å². The van der Waals surface area contributed by atoms with Crippen molar-refractivity contribution in [1.82, 2.24) is 14.5 Å². The van der Waals surface area contributed by atoms with Crippen LogP contribution in [0.1, 0.15) is 12.5 Å². The molecule has 1 amide bonds. The number of para-hydroxylation sites is 1. The zero-order valence-electron chi connectivity index (χ0n) is 10.9. The van der Waals surface area contributed by atoms with E-state index in [1.54, 1.807) is 6.20 Å². The van der Waals surface area contributed by atoms with Gasteiger partial charge in [0, 0.05) is 17.0 Å². The van der Waals surface area contributed by atoms with E-state index in [9.17, 15) is 4.79 Å². The second kappa shape index (κ2) is 3.66. The maximum absolute atomic E-state index is 11.8. The molecular formula is C15H12N4O. The summed E-state index contributed by atoms with van der Waals surface area (Å²) in [5.41, 5.74) is 9.54. The number of hydrogen-bond donors (Lipinski definition) is 1. The standard InChI is InChI=1S/C15H12N4O/c1-2-8-6-7-17-13-11(8)9-4-3-5-10-12(9)18-14(13)19(10)15(16)20/h3-7H,2H2,1H3,(H2,16,20). The summed E-state index contributed by atoms with van der Waals surface area (Å²) in [5, 5.41) is 2.09. The number of aromatic nitrogens is 3. The van der Waals surface area contributed by atoms with E-state index in [4.69, 9.17) is 5.73 Å². The molecule has 1 aromatic carbocycles. The number of pyridine rings is 2. The maximum atomic E-state index is 11.8. The van der Waals surface area contributed by atoms with E-state index in [-0.39, 0.29) is 0 Å². The monoisotopic (exact) mass is 264 g/mol. The molecule has 98 valence electrons. The van der Waals surface area contributed by atoms with E-state index < -0.39 is 6.03 Å². The molecule has 4 aromatic rings. The van der Waals surface area contributed by atoms with Gasteiger partial charge in [-0.15, -0.1) is 0 Å². The largest absolute Gasteiger partial charge is 0.351 e. The predicted molar refractivity (Wildman–Crippen MR) is 78.1 cm³/mol. The number of carbonyl (C=O) groups excluding carboxylic acids is 1. The Balaban J connectivity index is 2.41. The summed E-state index contributed by atoms with van der Waals surface area (Å²) in [6, 6.07) is 7.28. The molecule has 2 N–H and O–H groups in total. The van der Waals surface area contributed by atoms with Crippen LogP contribution in [0.2, 0.25) is 0 Å². The van der Waals surface area contributed by atoms with Crippen LogP contribution in [0.4, 0.5) is 4.79 Å². The summed E-state index contributed by atoms with van der Waals surface area (Å²) < 4.78 is 1.44. The van der Waals surface area contributed by atoms with Crippen molar-refractivity contribution < 1.29 is 4.79 Å². The van der Waals surface area contributed by atoms with Crippen molar-refractivity contribution in [3.8, 4) is 0 Å². The van der Waals surface area contributed by atoms with Gasteiger partial charge in [-0.3, -0.25) is 4.98 Å². The number of aryl methyl sites for hydroxylation is 1. The van der Waals surface area contributed by atoms with Gasteiger partial charge in [-0.2, -0.15) is 0 Å². The molecule has 5 heteroatoms. The number of carbonyl (C=O) groups is 1. The van der Waals surface area contributed by atoms with E-state index in [0.29, 0.717) is 5.65 Å². The quantitative estimate of drug-likeness (QED) is 0.537. The van der Waals surface area contributed by atoms with Gasteiger partial charge in [0.1, 0.15) is 5.52 Å². The first-order valence-corrected chi connectivity index (χ1v) is 6.52. The van der Waals surface area contributed by atoms with Gasteiger partial charge in [0.2, 0.25) is 0 Å². The molecule has 0 radical (unpaired) electrons. The molecule has 0 spiro atoms. The van der Waals surface area contributed by atoms with Crippen LogP contribution in [0.5, 0.6) is 0 Å². The number of imidazole rings is 1. The number of fused-ring (bicyclic) bond motifs is 4. The van der Waals surface area contributed by atoms with E-state index in [2.05, 4.69) is 16.9 Å². The number of hydrogen-bond acceptors (Lipinski definition) is 3. The molecule has 20 heavy (non-hydrogen) atoms. The van der Waals surface area contributed by atoms with Crippen molar-refractivity contribution in [3.05, 3.63) is 36.0 Å². The number of primary amides is 1. The highest BCUT2D eigenvalue weighted by molar-refractivity contribution is 6.19. The molecule has 0 aliphatic carbocycles. The minimum atomic E-state index is -0.531. The first-order chi connectivity index (χ1) is 9.72. The Morgan fingerprint density at radius 3 is 2.90 bits per heavy atom. The lowest BCUT2D eigenvalue weighted by Gasteiger charge is -2.05. The fourth-order valence-electron chi connectivity index (χ4n) is 2.95. The number of rotatable bonds is 1. The average Bonchev–Trinajstić information content (AvgIpc) is 2.84. The summed E-state index contributed by atoms with van der Waals surface area (Å²) in [6.07, 6.45) is 2.66. The lowest BCUT2D eigenvalue weighted by atomic mass is 10.0. The highest BCUT2D eigenvalue weighted by Gasteiger charge is 2.20. The summed E-state index contributed by atoms with van der Waals surface area (Å²) in [4.78, 5) is 20.7. The summed E-state index contributed by atoms with van der Waals surface area (Å²) in [5.74, 6) is 0. The predicted octanol–water partition coefficient (Wildman–Crippen LogP) is 2.66. The van der Waals surface area contributed by atoms with Crippen LogP contribution in [0.15, 0.2) is 30.5 Å². The Morgan fingerprint density at radius 2 is 2.15 bits per heavy atom. The van der Waals surface area contributed by atoms with Gasteiger partial charge in [-0.1, -0.05) is 19.1 Å². The van der Waals surface area contributed by atoms with Crippen LogP contribution < -0.4 is 5.73 Å². The van der Waals surface area contributed by atoms with Gasteiger partial charge in [-0.25, -0.2) is 14.3 Å². The van der Waals surface area contributed by atoms with E-state index in [1.165, 1.54) is 10.1 Å². The van der Waals surface area contributed by atoms with Crippen LogP contribution in [0.3, 0.4) is 0 Å². The second-order valence-corrected chi connectivity index (χ2v) is 4.83. The Kier molecular flexibility index (Phi) is 2.04. The zero-order chi connectivity index (χ0) is 13.9. The smallest absolute Gasteiger partial charge is 0.325 e. The lowest BCUT2D eigenvalue weighted by Crippen LogP contribution is -2.19.